The van der Waals surface area contributed by atoms with Crippen molar-refractivity contribution in [2.75, 3.05) is 80.2 Å². The van der Waals surface area contributed by atoms with Crippen LogP contribution in [0.15, 0.2) is 182 Å². The van der Waals surface area contributed by atoms with Gasteiger partial charge in [-0.1, -0.05) is 167 Å². The first-order valence-corrected chi connectivity index (χ1v) is 49.5. The number of hydrogen-bond acceptors (Lipinski definition) is 25. The molecule has 0 bridgehead atoms. The Bertz CT molecular complexity index is 5460. The maximum atomic E-state index is 13.5. The SMILES string of the molecule is CC(C)[C@H](N)C(=O)N[C@@H](CCCNC(N)=O)C(=O)Nc1ccc(C(=O)OC(C)(C)C)cc1.CC(C)[C@H](NC(=O)OCC1c2ccccc2-c2ccccc21)C(=O)N[C@@H](CCCNC(N)=O)C(=O)Nc1ccc(C(=O)OC(C)(C)C)cc1.CC(C)[C@H](NCC(=O)NCCNC(=O)OCc1ccccc1)C(=O)N[C@@H](CCCNC(N)=O)C(=O)Nc1ccc(C(=O)OC(C)(C)C)cc1.O=C(CBr)NCCNC(=O)OCc1ccccc1. The number of carbonyl (C=O) groups is 17. The van der Waals surface area contributed by atoms with Crippen molar-refractivity contribution in [2.45, 2.75) is 215 Å². The molecule has 6 atom stereocenters. The lowest BCUT2D eigenvalue weighted by Crippen LogP contribution is -2.55. The molecular weight excluding hydrogens is 1980 g/mol. The van der Waals surface area contributed by atoms with Gasteiger partial charge in [0.2, 0.25) is 47.3 Å². The molecule has 148 heavy (non-hydrogen) atoms. The highest BCUT2D eigenvalue weighted by Gasteiger charge is 2.35. The molecule has 23 N–H and O–H groups in total. The van der Waals surface area contributed by atoms with Crippen molar-refractivity contribution in [3.05, 3.63) is 221 Å². The molecule has 7 aromatic carbocycles. The fraction of sp³-hybridized carbons (Fsp3) is 0.438. The maximum absolute atomic E-state index is 13.5. The molecule has 0 aromatic heterocycles. The van der Waals surface area contributed by atoms with Crippen LogP contribution in [-0.2, 0) is 80.0 Å². The van der Waals surface area contributed by atoms with Crippen LogP contribution in [0, 0.1) is 17.8 Å². The van der Waals surface area contributed by atoms with Crippen LogP contribution in [0.5, 0.6) is 0 Å². The van der Waals surface area contributed by atoms with Crippen molar-refractivity contribution in [1.82, 2.24) is 63.8 Å². The minimum Gasteiger partial charge on any atom is -0.456 e. The number of hydrogen-bond donors (Lipinski definition) is 19. The first-order chi connectivity index (χ1) is 69.9. The molecule has 7 aromatic rings. The molecule has 17 amide bonds. The topological polar surface area (TPSA) is 630 Å². The minimum absolute atomic E-state index is 0.0803. The van der Waals surface area contributed by atoms with E-state index in [9.17, 15) is 81.5 Å². The standard InChI is InChI=1S/C37H45N5O7.C34H49N7O8.C22H35N5O5.C12H15BrN2O3/c1-22(2)31(42-36(47)48-21-29-27-13-8-6-11-25(27)26-12-7-9-14-28(26)29)33(44)41-30(15-10-20-39-35(38)46)32(43)40-24-18-16-23(17-19-24)34(45)49-37(3,4)5;1-22(2)28(39-20-27(42)36-18-19-38-33(47)48-21-23-10-7-6-8-11-23)30(44)41-26(12-9-17-37-32(35)46)29(43)40-25-15-13-24(14-16-25)31(45)49-34(3,4)5;1-13(2)17(23)19(29)27-16(7-6-12-25-21(24)31)18(28)26-15-10-8-14(9-11-15)20(30)32-22(3,4)5;13-8-11(16)14-6-7-15-12(17)18-9-10-4-2-1-3-5-10/h6-9,11-14,16-19,22,29-31H,10,15,20-21H2,1-5H3,(H,40,43)(H,41,44)(H,42,47)(H3,38,39,46);6-8,10-11,13-16,22,26,28,39H,9,12,17-21H2,1-5H3,(H,36,42)(H,38,47)(H,40,43)(H,41,44)(H3,35,37,46);8-11,13,16-17H,6-7,12,23H2,1-5H3,(H,26,28)(H,27,29)(H3,24,25,31);1-5H,6-9H2,(H,14,16)(H,15,17)/t30-,31-;26-,28-;16-,17-;/m000./s1. The van der Waals surface area contributed by atoms with Crippen molar-refractivity contribution in [3.63, 3.8) is 0 Å². The van der Waals surface area contributed by atoms with E-state index in [1.54, 1.807) is 139 Å². The summed E-state index contributed by atoms with van der Waals surface area (Å²) in [5, 5.41) is 40.0. The summed E-state index contributed by atoms with van der Waals surface area (Å²) in [6, 6.07) is 45.6. The van der Waals surface area contributed by atoms with Crippen LogP contribution >= 0.6 is 15.9 Å². The van der Waals surface area contributed by atoms with E-state index in [0.29, 0.717) is 66.1 Å². The lowest BCUT2D eigenvalue weighted by molar-refractivity contribution is -0.129. The average Bonchev–Trinajstić information content (AvgIpc) is 1.61. The number of carbonyl (C=O) groups excluding carboxylic acids is 17. The Balaban J connectivity index is 0.000000366. The Labute approximate surface area is 871 Å². The fourth-order valence-electron chi connectivity index (χ4n) is 13.7. The highest BCUT2D eigenvalue weighted by atomic mass is 79.9. The zero-order chi connectivity index (χ0) is 110. The predicted octanol–water partition coefficient (Wildman–Crippen LogP) is 10.2. The summed E-state index contributed by atoms with van der Waals surface area (Å²) in [5.74, 6) is -5.86. The molecule has 0 saturated carbocycles. The molecule has 0 aliphatic heterocycles. The van der Waals surface area contributed by atoms with Gasteiger partial charge in [0.25, 0.3) is 0 Å². The second-order valence-electron chi connectivity index (χ2n) is 38.1. The largest absolute Gasteiger partial charge is 0.456 e. The van der Waals surface area contributed by atoms with E-state index < -0.39 is 149 Å². The Morgan fingerprint density at radius 3 is 0.980 bits per heavy atom. The quantitative estimate of drug-likeness (QED) is 0.00729. The van der Waals surface area contributed by atoms with Crippen LogP contribution in [0.2, 0.25) is 0 Å². The number of rotatable bonds is 47. The van der Waals surface area contributed by atoms with E-state index in [4.69, 9.17) is 51.4 Å². The second kappa shape index (κ2) is 63.2. The van der Waals surface area contributed by atoms with E-state index in [1.165, 1.54) is 24.3 Å². The van der Waals surface area contributed by atoms with Gasteiger partial charge in [-0.05, 0) is 225 Å². The number of urea groups is 3. The summed E-state index contributed by atoms with van der Waals surface area (Å²) in [4.78, 5) is 208. The van der Waals surface area contributed by atoms with Crippen molar-refractivity contribution in [3.8, 4) is 11.1 Å². The van der Waals surface area contributed by atoms with Gasteiger partial charge in [-0.15, -0.1) is 0 Å². The van der Waals surface area contributed by atoms with E-state index >= 15 is 0 Å². The van der Waals surface area contributed by atoms with Gasteiger partial charge in [-0.2, -0.15) is 0 Å². The van der Waals surface area contributed by atoms with Gasteiger partial charge < -0.3 is 126 Å². The average molecular weight is 2120 g/mol. The molecule has 0 radical (unpaired) electrons. The summed E-state index contributed by atoms with van der Waals surface area (Å²) in [5.41, 5.74) is 27.6. The number of amides is 17. The number of esters is 3. The molecule has 804 valence electrons. The number of ether oxygens (including phenoxy) is 6. The smallest absolute Gasteiger partial charge is 0.407 e. The number of alkyl halides is 1. The zero-order valence-electron chi connectivity index (χ0n) is 86.4. The summed E-state index contributed by atoms with van der Waals surface area (Å²) >= 11 is 3.02. The Kier molecular flexibility index (Phi) is 52.6. The molecule has 0 saturated heterocycles. The van der Waals surface area contributed by atoms with Gasteiger partial charge in [-0.3, -0.25) is 43.7 Å². The van der Waals surface area contributed by atoms with Gasteiger partial charge in [0.1, 0.15) is 60.8 Å². The highest BCUT2D eigenvalue weighted by molar-refractivity contribution is 9.09. The number of primary amides is 3. The molecule has 1 aliphatic rings. The number of nitrogens with two attached hydrogens (primary N) is 4. The summed E-state index contributed by atoms with van der Waals surface area (Å²) in [6.45, 7) is 28.5. The third-order valence-corrected chi connectivity index (χ3v) is 21.7. The molecule has 1 aliphatic carbocycles. The van der Waals surface area contributed by atoms with Crippen LogP contribution in [0.1, 0.15) is 202 Å². The van der Waals surface area contributed by atoms with Gasteiger partial charge in [0, 0.05) is 68.8 Å². The summed E-state index contributed by atoms with van der Waals surface area (Å²) in [7, 11) is 0. The molecule has 0 heterocycles. The Hall–Kier alpha value is -15.3. The van der Waals surface area contributed by atoms with Crippen molar-refractivity contribution in [1.29, 1.82) is 0 Å². The van der Waals surface area contributed by atoms with Crippen molar-refractivity contribution < 1.29 is 110 Å². The summed E-state index contributed by atoms with van der Waals surface area (Å²) in [6.07, 6.45) is -0.216. The lowest BCUT2D eigenvalue weighted by atomic mass is 9.98. The Morgan fingerprint density at radius 1 is 0.338 bits per heavy atom. The van der Waals surface area contributed by atoms with Gasteiger partial charge >= 0.3 is 54.3 Å². The monoisotopic (exact) mass is 2120 g/mol. The highest BCUT2D eigenvalue weighted by Crippen LogP contribution is 2.44. The molecule has 42 nitrogen and oxygen atoms in total. The third kappa shape index (κ3) is 48.6. The van der Waals surface area contributed by atoms with Crippen LogP contribution in [0.25, 0.3) is 11.1 Å². The van der Waals surface area contributed by atoms with Crippen molar-refractivity contribution in [2.24, 2.45) is 40.7 Å². The number of fused-ring (bicyclic) bond motifs is 3. The summed E-state index contributed by atoms with van der Waals surface area (Å²) < 4.78 is 31.8. The first-order valence-electron chi connectivity index (χ1n) is 48.4. The number of halogens is 1. The molecule has 0 spiro atoms. The zero-order valence-corrected chi connectivity index (χ0v) is 88.0. The van der Waals surface area contributed by atoms with Crippen LogP contribution in [0.3, 0.4) is 0 Å². The van der Waals surface area contributed by atoms with E-state index in [0.717, 1.165) is 33.4 Å². The van der Waals surface area contributed by atoms with Crippen molar-refractivity contribution >= 4 is 135 Å². The van der Waals surface area contributed by atoms with Gasteiger partial charge in [-0.25, -0.2) is 43.2 Å². The lowest BCUT2D eigenvalue weighted by Gasteiger charge is -2.25. The fourth-order valence-corrected chi connectivity index (χ4v) is 13.9. The van der Waals surface area contributed by atoms with Gasteiger partial charge in [0.15, 0.2) is 0 Å². The third-order valence-electron chi connectivity index (χ3n) is 21.2. The van der Waals surface area contributed by atoms with Crippen LogP contribution < -0.4 is 103 Å². The molecule has 43 heteroatoms. The Morgan fingerprint density at radius 2 is 0.655 bits per heavy atom. The first kappa shape index (κ1) is 123. The molecular formula is C105H144BrN19O23. The number of benzene rings is 7. The number of alkyl carbamates (subject to hydrolysis) is 3. The molecule has 0 fully saturated rings. The molecule has 8 rings (SSSR count). The van der Waals surface area contributed by atoms with Gasteiger partial charge in [0.05, 0.1) is 40.6 Å². The normalized spacial score (nSPS) is 12.5. The van der Waals surface area contributed by atoms with Crippen LogP contribution in [0.4, 0.5) is 45.8 Å². The van der Waals surface area contributed by atoms with E-state index in [-0.39, 0.29) is 113 Å². The maximum Gasteiger partial charge on any atom is 0.407 e. The molecule has 0 unspecified atom stereocenters. The number of nitrogens with one attached hydrogen (secondary N) is 15. The minimum atomic E-state index is -1.03. The predicted molar refractivity (Wildman–Crippen MR) is 562 cm³/mol. The second-order valence-corrected chi connectivity index (χ2v) is 38.6. The van der Waals surface area contributed by atoms with E-state index in [2.05, 4.69) is 95.7 Å². The number of anilines is 3. The van der Waals surface area contributed by atoms with Crippen LogP contribution in [-0.4, -0.2) is 219 Å². The van der Waals surface area contributed by atoms with E-state index in [1.807, 2.05) is 123 Å².